The van der Waals surface area contributed by atoms with Crippen molar-refractivity contribution in [2.24, 2.45) is 5.92 Å². The van der Waals surface area contributed by atoms with Gasteiger partial charge in [-0.15, -0.1) is 0 Å². The van der Waals surface area contributed by atoms with E-state index < -0.39 is 0 Å². The van der Waals surface area contributed by atoms with E-state index in [0.717, 1.165) is 5.92 Å². The molecule has 0 nitrogen and oxygen atoms in total. The molecule has 0 aliphatic carbocycles. The van der Waals surface area contributed by atoms with Crippen LogP contribution in [0.25, 0.3) is 0 Å². The zero-order valence-electron chi connectivity index (χ0n) is 6.61. The molecule has 1 unspecified atom stereocenters. The van der Waals surface area contributed by atoms with Gasteiger partial charge in [-0.25, -0.2) is 0 Å². The monoisotopic (exact) mass is 141 g/mol. The predicted molar refractivity (Wildman–Crippen MR) is 43.9 cm³/mol. The third-order valence-electron chi connectivity index (χ3n) is 1.83. The van der Waals surface area contributed by atoms with Crippen LogP contribution in [0.15, 0.2) is 0 Å². The topological polar surface area (TPSA) is 0 Å². The van der Waals surface area contributed by atoms with Crippen LogP contribution in [-0.4, -0.2) is 10.2 Å². The van der Waals surface area contributed by atoms with Crippen molar-refractivity contribution in [3.8, 4) is 0 Å². The molecular formula is C8H17Si. The maximum Gasteiger partial charge on any atom is 0.0225 e. The van der Waals surface area contributed by atoms with Crippen LogP contribution >= 0.6 is 0 Å². The molecule has 0 heterocycles. The predicted octanol–water partition coefficient (Wildman–Crippen LogP) is 2.79. The van der Waals surface area contributed by atoms with E-state index in [1.165, 1.54) is 31.7 Å². The Morgan fingerprint density at radius 3 is 2.33 bits per heavy atom. The van der Waals surface area contributed by atoms with Crippen molar-refractivity contribution in [1.82, 2.24) is 0 Å². The van der Waals surface area contributed by atoms with E-state index in [4.69, 9.17) is 0 Å². The third kappa shape index (κ3) is 4.70. The van der Waals surface area contributed by atoms with Crippen LogP contribution in [0.2, 0.25) is 6.04 Å². The Kier molecular flexibility index (Phi) is 6.49. The normalized spacial score (nSPS) is 13.7. The highest BCUT2D eigenvalue weighted by molar-refractivity contribution is 6.08. The van der Waals surface area contributed by atoms with Crippen LogP contribution < -0.4 is 0 Å². The van der Waals surface area contributed by atoms with Crippen molar-refractivity contribution >= 4 is 10.2 Å². The van der Waals surface area contributed by atoms with Gasteiger partial charge in [0.2, 0.25) is 0 Å². The second kappa shape index (κ2) is 6.34. The number of hydrogen-bond acceptors (Lipinski definition) is 0. The number of hydrogen-bond donors (Lipinski definition) is 0. The lowest BCUT2D eigenvalue weighted by molar-refractivity contribution is 0.492. The molecule has 0 bridgehead atoms. The van der Waals surface area contributed by atoms with Crippen LogP contribution in [0.5, 0.6) is 0 Å². The highest BCUT2D eigenvalue weighted by Crippen LogP contribution is 2.14. The Balaban J connectivity index is 3.09. The van der Waals surface area contributed by atoms with Gasteiger partial charge in [0.1, 0.15) is 0 Å². The first-order chi connectivity index (χ1) is 4.35. The largest absolute Gasteiger partial charge is 0.0654 e. The summed E-state index contributed by atoms with van der Waals surface area (Å²) in [6.45, 7) is 4.51. The van der Waals surface area contributed by atoms with E-state index in [-0.39, 0.29) is 0 Å². The highest BCUT2D eigenvalue weighted by atomic mass is 28.1. The van der Waals surface area contributed by atoms with Gasteiger partial charge in [0.25, 0.3) is 0 Å². The van der Waals surface area contributed by atoms with Crippen LogP contribution in [0.1, 0.15) is 39.5 Å². The molecular weight excluding hydrogens is 124 g/mol. The average molecular weight is 141 g/mol. The quantitative estimate of drug-likeness (QED) is 0.516. The molecule has 0 aromatic heterocycles. The molecule has 3 radical (unpaired) electrons. The summed E-state index contributed by atoms with van der Waals surface area (Å²) in [5.74, 6) is 0.918. The van der Waals surface area contributed by atoms with Gasteiger partial charge >= 0.3 is 0 Å². The molecule has 0 fully saturated rings. The van der Waals surface area contributed by atoms with Crippen molar-refractivity contribution in [3.05, 3.63) is 0 Å². The average Bonchev–Trinajstić information content (AvgIpc) is 1.91. The summed E-state index contributed by atoms with van der Waals surface area (Å²) in [5.41, 5.74) is 0. The van der Waals surface area contributed by atoms with Crippen LogP contribution in [-0.2, 0) is 0 Å². The molecule has 1 heteroatoms. The zero-order chi connectivity index (χ0) is 7.11. The maximum absolute atomic E-state index is 3.55. The molecule has 1 atom stereocenters. The molecule has 0 aromatic carbocycles. The Morgan fingerprint density at radius 1 is 1.33 bits per heavy atom. The minimum atomic E-state index is 0.918. The first kappa shape index (κ1) is 9.22. The summed E-state index contributed by atoms with van der Waals surface area (Å²) in [5, 5.41) is 0. The summed E-state index contributed by atoms with van der Waals surface area (Å²) >= 11 is 0. The third-order valence-corrected chi connectivity index (χ3v) is 2.41. The van der Waals surface area contributed by atoms with Crippen LogP contribution in [0.3, 0.4) is 0 Å². The molecule has 0 saturated carbocycles. The van der Waals surface area contributed by atoms with E-state index in [9.17, 15) is 0 Å². The van der Waals surface area contributed by atoms with Gasteiger partial charge in [-0.3, -0.25) is 0 Å². The van der Waals surface area contributed by atoms with E-state index in [1.807, 2.05) is 0 Å². The van der Waals surface area contributed by atoms with Gasteiger partial charge in [0.15, 0.2) is 0 Å². The van der Waals surface area contributed by atoms with Gasteiger partial charge < -0.3 is 0 Å². The lowest BCUT2D eigenvalue weighted by Crippen LogP contribution is -1.96. The van der Waals surface area contributed by atoms with Gasteiger partial charge in [0, 0.05) is 10.2 Å². The Morgan fingerprint density at radius 2 is 2.00 bits per heavy atom. The van der Waals surface area contributed by atoms with Crippen molar-refractivity contribution in [2.45, 2.75) is 45.6 Å². The first-order valence-electron chi connectivity index (χ1n) is 3.99. The number of rotatable bonds is 5. The summed E-state index contributed by atoms with van der Waals surface area (Å²) < 4.78 is 0. The van der Waals surface area contributed by atoms with Crippen molar-refractivity contribution < 1.29 is 0 Å². The molecule has 0 aliphatic heterocycles. The summed E-state index contributed by atoms with van der Waals surface area (Å²) in [7, 11) is 3.55. The molecule has 0 spiro atoms. The van der Waals surface area contributed by atoms with E-state index in [0.29, 0.717) is 0 Å². The van der Waals surface area contributed by atoms with Crippen molar-refractivity contribution in [1.29, 1.82) is 0 Å². The Hall–Kier alpha value is 0.217. The fourth-order valence-corrected chi connectivity index (χ4v) is 1.44. The molecule has 0 rings (SSSR count). The molecule has 0 N–H and O–H groups in total. The van der Waals surface area contributed by atoms with Gasteiger partial charge in [-0.05, 0) is 5.92 Å². The lowest BCUT2D eigenvalue weighted by atomic mass is 10.0. The molecule has 53 valence electrons. The smallest absolute Gasteiger partial charge is 0.0225 e. The van der Waals surface area contributed by atoms with Crippen LogP contribution in [0.4, 0.5) is 0 Å². The van der Waals surface area contributed by atoms with Gasteiger partial charge in [0.05, 0.1) is 0 Å². The fourth-order valence-electron chi connectivity index (χ4n) is 0.943. The first-order valence-corrected chi connectivity index (χ1v) is 4.70. The van der Waals surface area contributed by atoms with E-state index in [1.54, 1.807) is 0 Å². The Labute approximate surface area is 62.5 Å². The molecule has 0 amide bonds. The van der Waals surface area contributed by atoms with Crippen LogP contribution in [0, 0.1) is 5.92 Å². The minimum Gasteiger partial charge on any atom is -0.0654 e. The van der Waals surface area contributed by atoms with Gasteiger partial charge in [-0.2, -0.15) is 0 Å². The molecule has 0 aliphatic rings. The van der Waals surface area contributed by atoms with Crippen molar-refractivity contribution in [3.63, 3.8) is 0 Å². The summed E-state index contributed by atoms with van der Waals surface area (Å²) in [4.78, 5) is 0. The minimum absolute atomic E-state index is 0.918. The SMILES string of the molecule is CCCCC(CC)C[Si]. The summed E-state index contributed by atoms with van der Waals surface area (Å²) in [6.07, 6.45) is 5.45. The summed E-state index contributed by atoms with van der Waals surface area (Å²) in [6, 6.07) is 1.18. The second-order valence-corrected chi connectivity index (χ2v) is 3.03. The molecule has 0 saturated heterocycles. The zero-order valence-corrected chi connectivity index (χ0v) is 7.61. The molecule has 9 heavy (non-hydrogen) atoms. The van der Waals surface area contributed by atoms with Gasteiger partial charge in [-0.1, -0.05) is 45.6 Å². The molecule has 0 aromatic rings. The second-order valence-electron chi connectivity index (χ2n) is 2.62. The Bertz CT molecular complexity index is 48.5. The number of unbranched alkanes of at least 4 members (excludes halogenated alkanes) is 1. The van der Waals surface area contributed by atoms with E-state index >= 15 is 0 Å². The highest BCUT2D eigenvalue weighted by Gasteiger charge is 2.00. The van der Waals surface area contributed by atoms with Crippen molar-refractivity contribution in [2.75, 3.05) is 0 Å². The lowest BCUT2D eigenvalue weighted by Gasteiger charge is -2.09. The van der Waals surface area contributed by atoms with E-state index in [2.05, 4.69) is 24.1 Å². The standard InChI is InChI=1S/C8H17Si/c1-3-5-6-8(4-2)7-9/h8H,3-7H2,1-2H3. The fraction of sp³-hybridized carbons (Fsp3) is 1.00. The maximum atomic E-state index is 3.55.